The number of nitrogens with zero attached hydrogens (tertiary/aromatic N) is 1. The van der Waals surface area contributed by atoms with Crippen molar-refractivity contribution in [2.75, 3.05) is 13.1 Å². The largest absolute Gasteiger partial charge is 0.488 e. The van der Waals surface area contributed by atoms with Crippen molar-refractivity contribution in [1.29, 1.82) is 0 Å². The summed E-state index contributed by atoms with van der Waals surface area (Å²) in [5.41, 5.74) is 1.19. The van der Waals surface area contributed by atoms with Crippen molar-refractivity contribution in [2.45, 2.75) is 51.2 Å². The van der Waals surface area contributed by atoms with E-state index in [-0.39, 0.29) is 24.0 Å². The number of piperidine rings is 1. The van der Waals surface area contributed by atoms with E-state index in [1.165, 1.54) is 5.56 Å². The molecule has 0 bridgehead atoms. The average molecular weight is 316 g/mol. The Morgan fingerprint density at radius 1 is 1.30 bits per heavy atom. The predicted molar refractivity (Wildman–Crippen MR) is 87.2 cm³/mol. The molecule has 2 heterocycles. The first-order valence-electron chi connectivity index (χ1n) is 8.50. The van der Waals surface area contributed by atoms with Gasteiger partial charge in [0, 0.05) is 19.4 Å². The lowest BCUT2D eigenvalue weighted by molar-refractivity contribution is -0.142. The lowest BCUT2D eigenvalue weighted by Gasteiger charge is -2.34. The molecular formula is C18H24N2O3. The maximum atomic E-state index is 12.5. The van der Waals surface area contributed by atoms with Crippen LogP contribution in [-0.4, -0.2) is 41.9 Å². The van der Waals surface area contributed by atoms with Gasteiger partial charge in [0.1, 0.15) is 17.9 Å². The molecule has 5 heteroatoms. The van der Waals surface area contributed by atoms with E-state index >= 15 is 0 Å². The molecule has 3 rings (SSSR count). The molecule has 23 heavy (non-hydrogen) atoms. The average Bonchev–Trinajstić information content (AvgIpc) is 3.02. The third-order valence-corrected chi connectivity index (χ3v) is 4.65. The van der Waals surface area contributed by atoms with Crippen molar-refractivity contribution in [3.63, 3.8) is 0 Å². The summed E-state index contributed by atoms with van der Waals surface area (Å²) >= 11 is 0. The topological polar surface area (TPSA) is 58.6 Å². The van der Waals surface area contributed by atoms with Gasteiger partial charge in [0.15, 0.2) is 0 Å². The third kappa shape index (κ3) is 3.49. The quantitative estimate of drug-likeness (QED) is 0.923. The van der Waals surface area contributed by atoms with E-state index in [1.54, 1.807) is 4.90 Å². The molecule has 5 nitrogen and oxygen atoms in total. The zero-order chi connectivity index (χ0) is 16.2. The van der Waals surface area contributed by atoms with Gasteiger partial charge in [-0.25, -0.2) is 0 Å². The zero-order valence-electron chi connectivity index (χ0n) is 13.6. The number of carbonyl (C=O) groups is 2. The van der Waals surface area contributed by atoms with Gasteiger partial charge in [-0.15, -0.1) is 0 Å². The fourth-order valence-electron chi connectivity index (χ4n) is 3.41. The monoisotopic (exact) mass is 316 g/mol. The summed E-state index contributed by atoms with van der Waals surface area (Å²) in [5.74, 6) is 0.924. The number of hydrogen-bond donors (Lipinski definition) is 1. The molecule has 1 N–H and O–H groups in total. The molecule has 0 aliphatic carbocycles. The van der Waals surface area contributed by atoms with Crippen molar-refractivity contribution in [2.24, 2.45) is 0 Å². The number of nitrogens with one attached hydrogen (secondary N) is 1. The lowest BCUT2D eigenvalue weighted by atomic mass is 10.0. The number of amides is 2. The molecule has 2 amide bonds. The minimum absolute atomic E-state index is 0.0183. The number of hydrogen-bond acceptors (Lipinski definition) is 3. The maximum absolute atomic E-state index is 12.5. The zero-order valence-corrected chi connectivity index (χ0v) is 13.6. The normalized spacial score (nSPS) is 23.1. The molecule has 1 fully saturated rings. The Labute approximate surface area is 137 Å². The second kappa shape index (κ2) is 7.02. The standard InChI is InChI=1S/C18H24N2O3/c1-2-17(21)20-10-6-5-8-15(20)18(22)19-12-14-11-13-7-3-4-9-16(13)23-14/h3-4,7,9,14-15H,2,5-6,8,10-12H2,1H3,(H,19,22)/t14-,15+/m1/s1. The number of benzene rings is 1. The summed E-state index contributed by atoms with van der Waals surface area (Å²) < 4.78 is 5.84. The van der Waals surface area contributed by atoms with Gasteiger partial charge in [0.05, 0.1) is 6.54 Å². The first-order chi connectivity index (χ1) is 11.2. The Balaban J connectivity index is 1.54. The molecule has 0 radical (unpaired) electrons. The van der Waals surface area contributed by atoms with Gasteiger partial charge in [-0.2, -0.15) is 0 Å². The van der Waals surface area contributed by atoms with Crippen LogP contribution >= 0.6 is 0 Å². The second-order valence-corrected chi connectivity index (χ2v) is 6.25. The smallest absolute Gasteiger partial charge is 0.242 e. The summed E-state index contributed by atoms with van der Waals surface area (Å²) in [5, 5.41) is 2.98. The number of carbonyl (C=O) groups excluding carboxylic acids is 2. The molecule has 2 aliphatic rings. The highest BCUT2D eigenvalue weighted by Crippen LogP contribution is 2.27. The molecule has 0 aromatic heterocycles. The van der Waals surface area contributed by atoms with Gasteiger partial charge in [0.25, 0.3) is 0 Å². The Morgan fingerprint density at radius 2 is 2.13 bits per heavy atom. The predicted octanol–water partition coefficient (Wildman–Crippen LogP) is 1.90. The minimum atomic E-state index is -0.319. The van der Waals surface area contributed by atoms with Crippen LogP contribution in [0.1, 0.15) is 38.2 Å². The van der Waals surface area contributed by atoms with E-state index in [4.69, 9.17) is 4.74 Å². The molecule has 1 aromatic carbocycles. The lowest BCUT2D eigenvalue weighted by Crippen LogP contribution is -2.52. The van der Waals surface area contributed by atoms with E-state index in [0.29, 0.717) is 19.5 Å². The van der Waals surface area contributed by atoms with Crippen LogP contribution < -0.4 is 10.1 Å². The van der Waals surface area contributed by atoms with Crippen LogP contribution in [0.4, 0.5) is 0 Å². The van der Waals surface area contributed by atoms with Crippen molar-refractivity contribution < 1.29 is 14.3 Å². The Morgan fingerprint density at radius 3 is 2.91 bits per heavy atom. The SMILES string of the molecule is CCC(=O)N1CCCC[C@H]1C(=O)NC[C@H]1Cc2ccccc2O1. The number of rotatable bonds is 4. The molecule has 1 saturated heterocycles. The van der Waals surface area contributed by atoms with Gasteiger partial charge < -0.3 is 15.0 Å². The van der Waals surface area contributed by atoms with Gasteiger partial charge >= 0.3 is 0 Å². The highest BCUT2D eigenvalue weighted by Gasteiger charge is 2.32. The molecule has 1 aromatic rings. The van der Waals surface area contributed by atoms with Crippen LogP contribution in [0.15, 0.2) is 24.3 Å². The van der Waals surface area contributed by atoms with E-state index in [2.05, 4.69) is 11.4 Å². The molecule has 2 atom stereocenters. The number of likely N-dealkylation sites (tertiary alicyclic amines) is 1. The van der Waals surface area contributed by atoms with Crippen LogP contribution in [0.25, 0.3) is 0 Å². The minimum Gasteiger partial charge on any atom is -0.488 e. The Bertz CT molecular complexity index is 562. The van der Waals surface area contributed by atoms with E-state index < -0.39 is 0 Å². The summed E-state index contributed by atoms with van der Waals surface area (Å²) in [6, 6.07) is 7.65. The summed E-state index contributed by atoms with van der Waals surface area (Å²) in [6.07, 6.45) is 3.98. The Hall–Kier alpha value is -2.04. The second-order valence-electron chi connectivity index (χ2n) is 6.25. The summed E-state index contributed by atoms with van der Waals surface area (Å²) in [7, 11) is 0. The fraction of sp³-hybridized carbons (Fsp3) is 0.556. The first kappa shape index (κ1) is 15.8. The van der Waals surface area contributed by atoms with Crippen LogP contribution in [0.5, 0.6) is 5.75 Å². The van der Waals surface area contributed by atoms with Crippen LogP contribution in [0, 0.1) is 0 Å². The molecule has 2 aliphatic heterocycles. The molecule has 0 spiro atoms. The number of fused-ring (bicyclic) bond motifs is 1. The summed E-state index contributed by atoms with van der Waals surface area (Å²) in [4.78, 5) is 26.2. The van der Waals surface area contributed by atoms with Gasteiger partial charge in [-0.3, -0.25) is 9.59 Å². The van der Waals surface area contributed by atoms with Crippen molar-refractivity contribution in [3.8, 4) is 5.75 Å². The van der Waals surface area contributed by atoms with Crippen molar-refractivity contribution >= 4 is 11.8 Å². The third-order valence-electron chi connectivity index (χ3n) is 4.65. The van der Waals surface area contributed by atoms with Gasteiger partial charge in [-0.1, -0.05) is 25.1 Å². The van der Waals surface area contributed by atoms with Gasteiger partial charge in [0.2, 0.25) is 11.8 Å². The van der Waals surface area contributed by atoms with Crippen molar-refractivity contribution in [1.82, 2.24) is 10.2 Å². The van der Waals surface area contributed by atoms with E-state index in [9.17, 15) is 9.59 Å². The molecule has 124 valence electrons. The van der Waals surface area contributed by atoms with Crippen LogP contribution in [-0.2, 0) is 16.0 Å². The maximum Gasteiger partial charge on any atom is 0.242 e. The highest BCUT2D eigenvalue weighted by atomic mass is 16.5. The number of ether oxygens (including phenoxy) is 1. The van der Waals surface area contributed by atoms with E-state index in [0.717, 1.165) is 31.4 Å². The molecule has 0 saturated carbocycles. The van der Waals surface area contributed by atoms with Crippen LogP contribution in [0.3, 0.4) is 0 Å². The fourth-order valence-corrected chi connectivity index (χ4v) is 3.41. The van der Waals surface area contributed by atoms with Gasteiger partial charge in [-0.05, 0) is 30.9 Å². The van der Waals surface area contributed by atoms with Crippen LogP contribution in [0.2, 0.25) is 0 Å². The molecule has 0 unspecified atom stereocenters. The van der Waals surface area contributed by atoms with Crippen molar-refractivity contribution in [3.05, 3.63) is 29.8 Å². The molecular weight excluding hydrogens is 292 g/mol. The first-order valence-corrected chi connectivity index (χ1v) is 8.50. The highest BCUT2D eigenvalue weighted by molar-refractivity contribution is 5.87. The van der Waals surface area contributed by atoms with E-state index in [1.807, 2.05) is 25.1 Å². The Kier molecular flexibility index (Phi) is 4.84. The summed E-state index contributed by atoms with van der Waals surface area (Å²) in [6.45, 7) is 3.02. The number of para-hydroxylation sites is 1.